The molecular weight excluding hydrogens is 520 g/mol. The molecule has 5 rings (SSSR count). The summed E-state index contributed by atoms with van der Waals surface area (Å²) in [7, 11) is 0. The summed E-state index contributed by atoms with van der Waals surface area (Å²) in [6.45, 7) is 1.89. The fourth-order valence-corrected chi connectivity index (χ4v) is 4.32. The van der Waals surface area contributed by atoms with Gasteiger partial charge < -0.3 is 14.2 Å². The molecule has 188 valence electrons. The van der Waals surface area contributed by atoms with Crippen molar-refractivity contribution in [3.8, 4) is 22.5 Å². The van der Waals surface area contributed by atoms with Crippen LogP contribution in [0, 0.1) is 6.92 Å². The first-order valence-corrected chi connectivity index (χ1v) is 12.4. The molecule has 2 heterocycles. The number of aryl methyl sites for hydroxylation is 1. The molecule has 8 heteroatoms. The topological polar surface area (TPSA) is 84.5 Å². The van der Waals surface area contributed by atoms with Gasteiger partial charge in [-0.15, -0.1) is 0 Å². The first-order chi connectivity index (χ1) is 18.4. The number of hydrogen-bond donors (Lipinski definition) is 2. The zero-order chi connectivity index (χ0) is 26.6. The highest BCUT2D eigenvalue weighted by Gasteiger charge is 2.11. The van der Waals surface area contributed by atoms with Crippen molar-refractivity contribution in [2.75, 3.05) is 5.32 Å². The van der Waals surface area contributed by atoms with Gasteiger partial charge in [-0.2, -0.15) is 0 Å². The summed E-state index contributed by atoms with van der Waals surface area (Å²) in [5.41, 5.74) is 3.77. The van der Waals surface area contributed by atoms with E-state index in [1.165, 1.54) is 6.08 Å². The van der Waals surface area contributed by atoms with Gasteiger partial charge in [0.25, 0.3) is 0 Å². The van der Waals surface area contributed by atoms with E-state index in [2.05, 4.69) is 10.6 Å². The van der Waals surface area contributed by atoms with Crippen LogP contribution in [0.4, 0.5) is 5.69 Å². The number of thiocarbonyl (C=S) groups is 1. The third-order valence-electron chi connectivity index (χ3n) is 5.81. The average Bonchev–Trinajstić information content (AvgIpc) is 3.37. The lowest BCUT2D eigenvalue weighted by Gasteiger charge is -2.11. The summed E-state index contributed by atoms with van der Waals surface area (Å²) in [5, 5.41) is 7.23. The Bertz CT molecular complexity index is 1750. The molecule has 0 aliphatic rings. The van der Waals surface area contributed by atoms with E-state index >= 15 is 0 Å². The number of amides is 1. The molecule has 0 saturated heterocycles. The predicted octanol–water partition coefficient (Wildman–Crippen LogP) is 7.21. The fourth-order valence-electron chi connectivity index (χ4n) is 3.98. The van der Waals surface area contributed by atoms with Crippen molar-refractivity contribution >= 4 is 57.6 Å². The van der Waals surface area contributed by atoms with Gasteiger partial charge in [-0.05, 0) is 97.0 Å². The van der Waals surface area contributed by atoms with Gasteiger partial charge >= 0.3 is 5.63 Å². The van der Waals surface area contributed by atoms with E-state index in [0.29, 0.717) is 33.4 Å². The van der Waals surface area contributed by atoms with Crippen molar-refractivity contribution in [1.82, 2.24) is 5.32 Å². The highest BCUT2D eigenvalue weighted by atomic mass is 35.5. The molecule has 6 nitrogen and oxygen atoms in total. The fraction of sp³-hybridized carbons (Fsp3) is 0.0333. The smallest absolute Gasteiger partial charge is 0.344 e. The molecule has 2 aromatic heterocycles. The van der Waals surface area contributed by atoms with Crippen LogP contribution in [-0.4, -0.2) is 11.0 Å². The van der Waals surface area contributed by atoms with E-state index in [-0.39, 0.29) is 5.11 Å². The molecule has 0 radical (unpaired) electrons. The molecule has 38 heavy (non-hydrogen) atoms. The van der Waals surface area contributed by atoms with Gasteiger partial charge in [0, 0.05) is 27.7 Å². The zero-order valence-electron chi connectivity index (χ0n) is 20.2. The molecule has 0 atom stereocenters. The normalized spacial score (nSPS) is 11.1. The second-order valence-corrected chi connectivity index (χ2v) is 9.35. The van der Waals surface area contributed by atoms with E-state index in [1.54, 1.807) is 36.4 Å². The number of halogens is 1. The Kier molecular flexibility index (Phi) is 7.22. The minimum atomic E-state index is -0.408. The summed E-state index contributed by atoms with van der Waals surface area (Å²) in [6, 6.07) is 25.5. The summed E-state index contributed by atoms with van der Waals surface area (Å²) in [4.78, 5) is 24.9. The number of nitrogens with one attached hydrogen (secondary N) is 2. The quantitative estimate of drug-likeness (QED) is 0.139. The van der Waals surface area contributed by atoms with Gasteiger partial charge in [0.1, 0.15) is 17.1 Å². The van der Waals surface area contributed by atoms with E-state index < -0.39 is 11.5 Å². The van der Waals surface area contributed by atoms with Gasteiger partial charge in [-0.1, -0.05) is 35.9 Å². The summed E-state index contributed by atoms with van der Waals surface area (Å²) in [6.07, 6.45) is 2.90. The second kappa shape index (κ2) is 10.9. The molecule has 5 aromatic rings. The number of benzene rings is 3. The highest BCUT2D eigenvalue weighted by Crippen LogP contribution is 2.27. The molecule has 0 unspecified atom stereocenters. The van der Waals surface area contributed by atoms with Crippen LogP contribution >= 0.6 is 23.8 Å². The number of rotatable bonds is 5. The standard InChI is InChI=1S/C30H21ClN2O4S/c1-18-16-22(10-13-24(18)25-17-20-4-2-3-5-26(20)37-29(25)35)32-30(38)33-28(34)15-12-23-11-14-27(36-23)19-6-8-21(31)9-7-19/h2-17H,1H3,(H2,32,33,34,38). The Balaban J connectivity index is 1.22. The van der Waals surface area contributed by atoms with Crippen molar-refractivity contribution in [2.45, 2.75) is 6.92 Å². The third kappa shape index (κ3) is 5.75. The Labute approximate surface area is 228 Å². The SMILES string of the molecule is Cc1cc(NC(=S)NC(=O)C=Cc2ccc(-c3ccc(Cl)cc3)o2)ccc1-c1cc2ccccc2oc1=O. The number of anilines is 1. The lowest BCUT2D eigenvalue weighted by molar-refractivity contribution is -0.115. The van der Waals surface area contributed by atoms with Crippen molar-refractivity contribution in [3.63, 3.8) is 0 Å². The molecule has 0 bridgehead atoms. The second-order valence-electron chi connectivity index (χ2n) is 8.50. The summed E-state index contributed by atoms with van der Waals surface area (Å²) >= 11 is 11.2. The van der Waals surface area contributed by atoms with Crippen molar-refractivity contribution in [3.05, 3.63) is 118 Å². The van der Waals surface area contributed by atoms with Crippen LogP contribution in [0.15, 0.2) is 105 Å². The third-order valence-corrected chi connectivity index (χ3v) is 6.26. The molecular formula is C30H21ClN2O4S. The Morgan fingerprint density at radius 1 is 0.921 bits per heavy atom. The van der Waals surface area contributed by atoms with Gasteiger partial charge in [-0.25, -0.2) is 4.79 Å². The van der Waals surface area contributed by atoms with Gasteiger partial charge in [-0.3, -0.25) is 10.1 Å². The number of carbonyl (C=O) groups excluding carboxylic acids is 1. The van der Waals surface area contributed by atoms with Gasteiger partial charge in [0.15, 0.2) is 5.11 Å². The Morgan fingerprint density at radius 3 is 2.50 bits per heavy atom. The highest BCUT2D eigenvalue weighted by molar-refractivity contribution is 7.80. The maximum atomic E-state index is 12.6. The zero-order valence-corrected chi connectivity index (χ0v) is 21.7. The molecule has 2 N–H and O–H groups in total. The van der Waals surface area contributed by atoms with E-state index in [0.717, 1.165) is 22.1 Å². The van der Waals surface area contributed by atoms with E-state index in [4.69, 9.17) is 32.7 Å². The van der Waals surface area contributed by atoms with Crippen molar-refractivity contribution in [1.29, 1.82) is 0 Å². The molecule has 0 fully saturated rings. The maximum absolute atomic E-state index is 12.6. The monoisotopic (exact) mass is 540 g/mol. The molecule has 3 aromatic carbocycles. The van der Waals surface area contributed by atoms with Crippen LogP contribution in [0.2, 0.25) is 5.02 Å². The first-order valence-electron chi connectivity index (χ1n) is 11.7. The van der Waals surface area contributed by atoms with E-state index in [1.807, 2.05) is 61.5 Å². The molecule has 0 saturated carbocycles. The first kappa shape index (κ1) is 25.2. The summed E-state index contributed by atoms with van der Waals surface area (Å²) < 4.78 is 11.2. The van der Waals surface area contributed by atoms with Gasteiger partial charge in [0.2, 0.25) is 5.91 Å². The Morgan fingerprint density at radius 2 is 1.71 bits per heavy atom. The molecule has 0 aliphatic carbocycles. The largest absolute Gasteiger partial charge is 0.457 e. The minimum absolute atomic E-state index is 0.137. The van der Waals surface area contributed by atoms with Crippen molar-refractivity contribution in [2.24, 2.45) is 0 Å². The van der Waals surface area contributed by atoms with Crippen LogP contribution in [-0.2, 0) is 4.79 Å². The van der Waals surface area contributed by atoms with Crippen LogP contribution in [0.3, 0.4) is 0 Å². The number of hydrogen-bond acceptors (Lipinski definition) is 5. The lowest BCUT2D eigenvalue weighted by Crippen LogP contribution is -2.32. The van der Waals surface area contributed by atoms with Crippen molar-refractivity contribution < 1.29 is 13.6 Å². The van der Waals surface area contributed by atoms with Crippen LogP contribution in [0.25, 0.3) is 39.5 Å². The minimum Gasteiger partial charge on any atom is -0.457 e. The predicted molar refractivity (Wildman–Crippen MR) is 155 cm³/mol. The van der Waals surface area contributed by atoms with E-state index in [9.17, 15) is 9.59 Å². The number of furan rings is 1. The number of para-hydroxylation sites is 1. The Hall–Kier alpha value is -4.46. The molecule has 1 amide bonds. The number of fused-ring (bicyclic) bond motifs is 1. The lowest BCUT2D eigenvalue weighted by atomic mass is 10.0. The molecule has 0 aliphatic heterocycles. The van der Waals surface area contributed by atoms with Crippen LogP contribution < -0.4 is 16.3 Å². The van der Waals surface area contributed by atoms with Gasteiger partial charge in [0.05, 0.1) is 5.56 Å². The maximum Gasteiger partial charge on any atom is 0.344 e. The van der Waals surface area contributed by atoms with Crippen LogP contribution in [0.1, 0.15) is 11.3 Å². The number of carbonyl (C=O) groups is 1. The van der Waals surface area contributed by atoms with Crippen LogP contribution in [0.5, 0.6) is 0 Å². The molecule has 0 spiro atoms. The summed E-state index contributed by atoms with van der Waals surface area (Å²) in [5.74, 6) is 0.779. The average molecular weight is 541 g/mol.